The van der Waals surface area contributed by atoms with Crippen LogP contribution >= 0.6 is 11.6 Å². The first-order valence-corrected chi connectivity index (χ1v) is 7.63. The number of hydrogen-bond acceptors (Lipinski definition) is 4. The van der Waals surface area contributed by atoms with E-state index in [9.17, 15) is 9.18 Å². The molecule has 1 fully saturated rings. The van der Waals surface area contributed by atoms with Crippen LogP contribution in [0.2, 0.25) is 0 Å². The molecule has 1 aliphatic heterocycles. The van der Waals surface area contributed by atoms with Crippen molar-refractivity contribution in [1.29, 1.82) is 0 Å². The molecule has 7 heteroatoms. The van der Waals surface area contributed by atoms with E-state index in [0.29, 0.717) is 24.7 Å². The Morgan fingerprint density at radius 1 is 1.41 bits per heavy atom. The number of benzene rings is 1. The van der Waals surface area contributed by atoms with Gasteiger partial charge in [0.1, 0.15) is 17.7 Å². The lowest BCUT2D eigenvalue weighted by molar-refractivity contribution is -0.129. The predicted molar refractivity (Wildman–Crippen MR) is 77.9 cm³/mol. The van der Waals surface area contributed by atoms with Gasteiger partial charge in [-0.2, -0.15) is 4.98 Å². The van der Waals surface area contributed by atoms with Crippen LogP contribution in [0.1, 0.15) is 36.2 Å². The SMILES string of the molecule is O=C(CCl)N1CCCC1c1nc(Cc2ccc(F)cc2)no1. The molecule has 0 N–H and O–H groups in total. The van der Waals surface area contributed by atoms with E-state index in [1.807, 2.05) is 0 Å². The highest BCUT2D eigenvalue weighted by atomic mass is 35.5. The van der Waals surface area contributed by atoms with Crippen LogP contribution in [0, 0.1) is 5.82 Å². The fourth-order valence-electron chi connectivity index (χ4n) is 2.66. The second-order valence-corrected chi connectivity index (χ2v) is 5.50. The number of rotatable bonds is 4. The highest BCUT2D eigenvalue weighted by Gasteiger charge is 2.33. The molecule has 0 radical (unpaired) electrons. The minimum Gasteiger partial charge on any atom is -0.337 e. The lowest BCUT2D eigenvalue weighted by Crippen LogP contribution is -2.31. The maximum atomic E-state index is 12.9. The summed E-state index contributed by atoms with van der Waals surface area (Å²) in [4.78, 5) is 17.8. The van der Waals surface area contributed by atoms with Crippen LogP contribution in [-0.4, -0.2) is 33.4 Å². The zero-order valence-electron chi connectivity index (χ0n) is 11.8. The van der Waals surface area contributed by atoms with Crippen LogP contribution in [0.5, 0.6) is 0 Å². The summed E-state index contributed by atoms with van der Waals surface area (Å²) in [5.74, 6) is 0.508. The van der Waals surface area contributed by atoms with Crippen molar-refractivity contribution in [3.8, 4) is 0 Å². The van der Waals surface area contributed by atoms with Crippen LogP contribution in [0.25, 0.3) is 0 Å². The quantitative estimate of drug-likeness (QED) is 0.812. The first-order chi connectivity index (χ1) is 10.7. The average Bonchev–Trinajstić information content (AvgIpc) is 3.17. The highest BCUT2D eigenvalue weighted by Crippen LogP contribution is 2.31. The number of carbonyl (C=O) groups is 1. The molecule has 1 amide bonds. The third-order valence-corrected chi connectivity index (χ3v) is 3.96. The van der Waals surface area contributed by atoms with E-state index < -0.39 is 0 Å². The molecular weight excluding hydrogens is 309 g/mol. The van der Waals surface area contributed by atoms with Crippen molar-refractivity contribution >= 4 is 17.5 Å². The molecule has 5 nitrogen and oxygen atoms in total. The van der Waals surface area contributed by atoms with Gasteiger partial charge in [-0.1, -0.05) is 17.3 Å². The van der Waals surface area contributed by atoms with E-state index in [2.05, 4.69) is 10.1 Å². The lowest BCUT2D eigenvalue weighted by atomic mass is 10.1. The van der Waals surface area contributed by atoms with Gasteiger partial charge in [-0.25, -0.2) is 4.39 Å². The maximum absolute atomic E-state index is 12.9. The third-order valence-electron chi connectivity index (χ3n) is 3.73. The third kappa shape index (κ3) is 3.11. The maximum Gasteiger partial charge on any atom is 0.249 e. The monoisotopic (exact) mass is 323 g/mol. The number of likely N-dealkylation sites (tertiary alicyclic amines) is 1. The molecule has 1 unspecified atom stereocenters. The number of carbonyl (C=O) groups excluding carboxylic acids is 1. The largest absolute Gasteiger partial charge is 0.337 e. The Labute approximate surface area is 132 Å². The van der Waals surface area contributed by atoms with Gasteiger partial charge in [0.25, 0.3) is 0 Å². The Kier molecular flexibility index (Phi) is 4.38. The molecule has 1 saturated heterocycles. The highest BCUT2D eigenvalue weighted by molar-refractivity contribution is 6.27. The zero-order valence-corrected chi connectivity index (χ0v) is 12.6. The van der Waals surface area contributed by atoms with Crippen molar-refractivity contribution in [1.82, 2.24) is 15.0 Å². The minimum atomic E-state index is -0.279. The molecule has 116 valence electrons. The topological polar surface area (TPSA) is 59.2 Å². The smallest absolute Gasteiger partial charge is 0.249 e. The Morgan fingerprint density at radius 3 is 2.91 bits per heavy atom. The van der Waals surface area contributed by atoms with Gasteiger partial charge in [-0.15, -0.1) is 11.6 Å². The number of hydrogen-bond donors (Lipinski definition) is 0. The summed E-state index contributed by atoms with van der Waals surface area (Å²) in [6.07, 6.45) is 2.14. The molecule has 1 aromatic carbocycles. The number of alkyl halides is 1. The molecule has 2 heterocycles. The summed E-state index contributed by atoms with van der Waals surface area (Å²) in [5, 5.41) is 3.95. The lowest BCUT2D eigenvalue weighted by Gasteiger charge is -2.20. The Morgan fingerprint density at radius 2 is 2.18 bits per heavy atom. The molecule has 1 aromatic heterocycles. The number of aromatic nitrogens is 2. The van der Waals surface area contributed by atoms with Crippen LogP contribution in [0.4, 0.5) is 4.39 Å². The molecule has 3 rings (SSSR count). The number of nitrogens with zero attached hydrogens (tertiary/aromatic N) is 3. The van der Waals surface area contributed by atoms with Crippen LogP contribution in [-0.2, 0) is 11.2 Å². The Bertz CT molecular complexity index is 659. The van der Waals surface area contributed by atoms with Crippen molar-refractivity contribution in [3.63, 3.8) is 0 Å². The van der Waals surface area contributed by atoms with Gasteiger partial charge >= 0.3 is 0 Å². The van der Waals surface area contributed by atoms with E-state index >= 15 is 0 Å². The summed E-state index contributed by atoms with van der Waals surface area (Å²) in [5.41, 5.74) is 0.897. The van der Waals surface area contributed by atoms with E-state index in [1.54, 1.807) is 17.0 Å². The average molecular weight is 324 g/mol. The molecule has 0 bridgehead atoms. The number of amides is 1. The Balaban J connectivity index is 1.73. The van der Waals surface area contributed by atoms with Crippen LogP contribution < -0.4 is 0 Å². The van der Waals surface area contributed by atoms with Crippen LogP contribution in [0.3, 0.4) is 0 Å². The van der Waals surface area contributed by atoms with Crippen molar-refractivity contribution in [2.45, 2.75) is 25.3 Å². The Hall–Kier alpha value is -1.95. The standard InChI is InChI=1S/C15H15ClFN3O2/c16-9-14(21)20-7-1-2-12(20)15-18-13(19-22-15)8-10-3-5-11(17)6-4-10/h3-6,12H,1-2,7-9H2. The van der Waals surface area contributed by atoms with Crippen LogP contribution in [0.15, 0.2) is 28.8 Å². The fraction of sp³-hybridized carbons (Fsp3) is 0.400. The van der Waals surface area contributed by atoms with E-state index in [4.69, 9.17) is 16.1 Å². The van der Waals surface area contributed by atoms with Gasteiger partial charge in [0, 0.05) is 13.0 Å². The molecular formula is C15H15ClFN3O2. The van der Waals surface area contributed by atoms with Gasteiger partial charge in [0.2, 0.25) is 11.8 Å². The second-order valence-electron chi connectivity index (χ2n) is 5.23. The predicted octanol–water partition coefficient (Wildman–Crippen LogP) is 2.70. The molecule has 2 aromatic rings. The molecule has 22 heavy (non-hydrogen) atoms. The van der Waals surface area contributed by atoms with Gasteiger partial charge in [-0.05, 0) is 30.5 Å². The fourth-order valence-corrected chi connectivity index (χ4v) is 2.81. The summed E-state index contributed by atoms with van der Waals surface area (Å²) < 4.78 is 18.2. The van der Waals surface area contributed by atoms with E-state index in [1.165, 1.54) is 12.1 Å². The summed E-state index contributed by atoms with van der Waals surface area (Å²) >= 11 is 5.62. The first kappa shape index (κ1) is 15.0. The molecule has 1 aliphatic rings. The van der Waals surface area contributed by atoms with Gasteiger partial charge in [-0.3, -0.25) is 4.79 Å². The van der Waals surface area contributed by atoms with Crippen molar-refractivity contribution in [3.05, 3.63) is 47.4 Å². The first-order valence-electron chi connectivity index (χ1n) is 7.09. The minimum absolute atomic E-state index is 0.0485. The summed E-state index contributed by atoms with van der Waals surface area (Å²) in [7, 11) is 0. The number of halogens is 2. The second kappa shape index (κ2) is 6.44. The molecule has 0 aliphatic carbocycles. The van der Waals surface area contributed by atoms with Gasteiger partial charge in [0.15, 0.2) is 5.82 Å². The molecule has 1 atom stereocenters. The zero-order chi connectivity index (χ0) is 15.5. The van der Waals surface area contributed by atoms with Crippen molar-refractivity contribution < 1.29 is 13.7 Å². The van der Waals surface area contributed by atoms with Gasteiger partial charge in [0.05, 0.1) is 0 Å². The van der Waals surface area contributed by atoms with Crippen molar-refractivity contribution in [2.24, 2.45) is 0 Å². The van der Waals surface area contributed by atoms with Gasteiger partial charge < -0.3 is 9.42 Å². The summed E-state index contributed by atoms with van der Waals surface area (Å²) in [6.45, 7) is 0.659. The molecule has 0 saturated carbocycles. The summed E-state index contributed by atoms with van der Waals surface area (Å²) in [6, 6.07) is 5.97. The normalized spacial score (nSPS) is 17.9. The van der Waals surface area contributed by atoms with E-state index in [-0.39, 0.29) is 23.6 Å². The van der Waals surface area contributed by atoms with Crippen molar-refractivity contribution in [2.75, 3.05) is 12.4 Å². The molecule has 0 spiro atoms. The van der Waals surface area contributed by atoms with E-state index in [0.717, 1.165) is 18.4 Å².